The van der Waals surface area contributed by atoms with Crippen LogP contribution in [0, 0.1) is 0 Å². The van der Waals surface area contributed by atoms with Crippen molar-refractivity contribution < 1.29 is 24.6 Å². The van der Waals surface area contributed by atoms with Crippen molar-refractivity contribution in [3.05, 3.63) is 0 Å². The van der Waals surface area contributed by atoms with Crippen molar-refractivity contribution in [1.82, 2.24) is 4.90 Å². The largest absolute Gasteiger partial charge is 0.481 e. The van der Waals surface area contributed by atoms with Crippen molar-refractivity contribution in [1.29, 1.82) is 0 Å². The predicted octanol–water partition coefficient (Wildman–Crippen LogP) is -0.980. The molecule has 0 aliphatic carbocycles. The summed E-state index contributed by atoms with van der Waals surface area (Å²) >= 11 is 3.83. The number of carbonyl (C=O) groups is 3. The molecule has 0 rings (SSSR count). The van der Waals surface area contributed by atoms with E-state index in [4.69, 9.17) is 15.9 Å². The maximum atomic E-state index is 11.7. The number of likely N-dealkylation sites (N-methyl/N-ethyl adjacent to an activating group) is 1. The van der Waals surface area contributed by atoms with E-state index in [1.165, 1.54) is 7.05 Å². The van der Waals surface area contributed by atoms with Crippen LogP contribution in [0.5, 0.6) is 0 Å². The molecule has 0 aromatic carbocycles. The first kappa shape index (κ1) is 15.7. The lowest BCUT2D eigenvalue weighted by Gasteiger charge is -2.26. The van der Waals surface area contributed by atoms with E-state index in [9.17, 15) is 14.4 Å². The normalized spacial score (nSPS) is 13.8. The van der Waals surface area contributed by atoms with E-state index >= 15 is 0 Å². The van der Waals surface area contributed by atoms with Crippen LogP contribution in [0.4, 0.5) is 0 Å². The molecule has 2 atom stereocenters. The van der Waals surface area contributed by atoms with Gasteiger partial charge in [-0.25, -0.2) is 4.79 Å². The number of nitrogens with zero attached hydrogens (tertiary/aromatic N) is 1. The molecule has 0 fully saturated rings. The first-order valence-electron chi connectivity index (χ1n) is 4.89. The Morgan fingerprint density at radius 1 is 1.35 bits per heavy atom. The fraction of sp³-hybridized carbons (Fsp3) is 0.667. The summed E-state index contributed by atoms with van der Waals surface area (Å²) in [5.41, 5.74) is 5.49. The highest BCUT2D eigenvalue weighted by Crippen LogP contribution is 2.05. The van der Waals surface area contributed by atoms with Gasteiger partial charge in [0, 0.05) is 19.2 Å². The molecule has 0 saturated carbocycles. The Hall–Kier alpha value is -1.28. The summed E-state index contributed by atoms with van der Waals surface area (Å²) in [7, 11) is 1.30. The van der Waals surface area contributed by atoms with Crippen molar-refractivity contribution in [3.8, 4) is 0 Å². The standard InChI is InChI=1S/C9H16N2O5S/c1-11(6(4-17)9(15)16)8(14)5(10)2-3-7(12)13/h5-6,17H,2-4,10H2,1H3,(H,12,13)(H,15,16)/t5-,6-/m0/s1. The Kier molecular flexibility index (Phi) is 6.59. The van der Waals surface area contributed by atoms with Gasteiger partial charge in [0.05, 0.1) is 6.04 Å². The van der Waals surface area contributed by atoms with Crippen molar-refractivity contribution in [2.45, 2.75) is 24.9 Å². The third-order valence-electron chi connectivity index (χ3n) is 2.26. The van der Waals surface area contributed by atoms with Gasteiger partial charge in [-0.15, -0.1) is 0 Å². The minimum absolute atomic E-state index is 0.0303. The number of nitrogens with two attached hydrogens (primary N) is 1. The molecule has 0 aromatic rings. The van der Waals surface area contributed by atoms with Crippen molar-refractivity contribution in [2.75, 3.05) is 12.8 Å². The van der Waals surface area contributed by atoms with Gasteiger partial charge in [0.1, 0.15) is 6.04 Å². The summed E-state index contributed by atoms with van der Waals surface area (Å²) in [6.07, 6.45) is -0.267. The van der Waals surface area contributed by atoms with Crippen LogP contribution in [-0.2, 0) is 14.4 Å². The molecule has 8 heteroatoms. The summed E-state index contributed by atoms with van der Waals surface area (Å²) in [5, 5.41) is 17.3. The molecule has 0 aromatic heterocycles. The Bertz CT molecular complexity index is 310. The SMILES string of the molecule is CN(C(=O)[C@@H](N)CCC(=O)O)[C@@H](CS)C(=O)O. The number of carboxylic acids is 2. The van der Waals surface area contributed by atoms with E-state index in [2.05, 4.69) is 12.6 Å². The van der Waals surface area contributed by atoms with Gasteiger partial charge in [0.25, 0.3) is 0 Å². The van der Waals surface area contributed by atoms with Crippen LogP contribution >= 0.6 is 12.6 Å². The van der Waals surface area contributed by atoms with Crippen LogP contribution in [0.25, 0.3) is 0 Å². The van der Waals surface area contributed by atoms with Crippen LogP contribution in [-0.4, -0.2) is 57.8 Å². The molecular weight excluding hydrogens is 248 g/mol. The summed E-state index contributed by atoms with van der Waals surface area (Å²) in [4.78, 5) is 33.7. The van der Waals surface area contributed by atoms with E-state index in [-0.39, 0.29) is 18.6 Å². The number of hydrogen-bond acceptors (Lipinski definition) is 5. The van der Waals surface area contributed by atoms with E-state index in [1.54, 1.807) is 0 Å². The van der Waals surface area contributed by atoms with Gasteiger partial charge >= 0.3 is 11.9 Å². The second kappa shape index (κ2) is 7.13. The summed E-state index contributed by atoms with van der Waals surface area (Å²) in [6, 6.07) is -2.08. The van der Waals surface area contributed by atoms with Gasteiger partial charge < -0.3 is 20.8 Å². The smallest absolute Gasteiger partial charge is 0.327 e. The zero-order valence-electron chi connectivity index (χ0n) is 9.37. The third kappa shape index (κ3) is 5.05. The van der Waals surface area contributed by atoms with Crippen LogP contribution in [0.1, 0.15) is 12.8 Å². The number of aliphatic carboxylic acids is 2. The lowest BCUT2D eigenvalue weighted by Crippen LogP contribution is -2.50. The van der Waals surface area contributed by atoms with Crippen molar-refractivity contribution >= 4 is 30.5 Å². The number of carbonyl (C=O) groups excluding carboxylic acids is 1. The Balaban J connectivity index is 4.46. The first-order valence-corrected chi connectivity index (χ1v) is 5.52. The molecule has 1 amide bonds. The highest BCUT2D eigenvalue weighted by molar-refractivity contribution is 7.80. The second-order valence-electron chi connectivity index (χ2n) is 3.52. The minimum Gasteiger partial charge on any atom is -0.481 e. The molecule has 0 spiro atoms. The number of thiol groups is 1. The molecule has 98 valence electrons. The first-order chi connectivity index (χ1) is 7.81. The third-order valence-corrected chi connectivity index (χ3v) is 2.61. The molecular formula is C9H16N2O5S. The molecule has 0 unspecified atom stereocenters. The van der Waals surface area contributed by atoms with Crippen LogP contribution in [0.2, 0.25) is 0 Å². The number of hydrogen-bond donors (Lipinski definition) is 4. The lowest BCUT2D eigenvalue weighted by molar-refractivity contribution is -0.148. The fourth-order valence-corrected chi connectivity index (χ4v) is 1.58. The quantitative estimate of drug-likeness (QED) is 0.439. The van der Waals surface area contributed by atoms with E-state index < -0.39 is 29.9 Å². The van der Waals surface area contributed by atoms with Gasteiger partial charge in [0.15, 0.2) is 0 Å². The molecule has 0 aliphatic heterocycles. The maximum absolute atomic E-state index is 11.7. The Labute approximate surface area is 104 Å². The van der Waals surface area contributed by atoms with Crippen LogP contribution < -0.4 is 5.73 Å². The second-order valence-corrected chi connectivity index (χ2v) is 3.89. The maximum Gasteiger partial charge on any atom is 0.327 e. The molecule has 0 bridgehead atoms. The van der Waals surface area contributed by atoms with Crippen molar-refractivity contribution in [3.63, 3.8) is 0 Å². The highest BCUT2D eigenvalue weighted by Gasteiger charge is 2.28. The highest BCUT2D eigenvalue weighted by atomic mass is 32.1. The molecule has 0 heterocycles. The molecule has 0 aliphatic rings. The zero-order valence-corrected chi connectivity index (χ0v) is 10.3. The minimum atomic E-state index is -1.18. The van der Waals surface area contributed by atoms with Gasteiger partial charge in [-0.05, 0) is 6.42 Å². The average molecular weight is 264 g/mol. The van der Waals surface area contributed by atoms with Crippen LogP contribution in [0.3, 0.4) is 0 Å². The van der Waals surface area contributed by atoms with Crippen LogP contribution in [0.15, 0.2) is 0 Å². The van der Waals surface area contributed by atoms with E-state index in [0.29, 0.717) is 0 Å². The molecule has 7 nitrogen and oxygen atoms in total. The molecule has 17 heavy (non-hydrogen) atoms. The Morgan fingerprint density at radius 2 is 1.88 bits per heavy atom. The van der Waals surface area contributed by atoms with E-state index in [0.717, 1.165) is 4.90 Å². The summed E-state index contributed by atoms with van der Waals surface area (Å²) < 4.78 is 0. The van der Waals surface area contributed by atoms with Crippen molar-refractivity contribution in [2.24, 2.45) is 5.73 Å². The number of amides is 1. The van der Waals surface area contributed by atoms with Gasteiger partial charge in [-0.3, -0.25) is 9.59 Å². The average Bonchev–Trinajstić information content (AvgIpc) is 2.24. The molecule has 4 N–H and O–H groups in total. The fourth-order valence-electron chi connectivity index (χ4n) is 1.18. The summed E-state index contributed by atoms with van der Waals surface area (Å²) in [6.45, 7) is 0. The molecule has 0 saturated heterocycles. The summed E-state index contributed by atoms with van der Waals surface area (Å²) in [5.74, 6) is -2.88. The zero-order chi connectivity index (χ0) is 13.6. The van der Waals surface area contributed by atoms with Gasteiger partial charge in [-0.1, -0.05) is 0 Å². The van der Waals surface area contributed by atoms with E-state index in [1.807, 2.05) is 0 Å². The number of carboxylic acid groups (broad SMARTS) is 2. The predicted molar refractivity (Wildman–Crippen MR) is 62.9 cm³/mol. The monoisotopic (exact) mass is 264 g/mol. The Morgan fingerprint density at radius 3 is 2.24 bits per heavy atom. The lowest BCUT2D eigenvalue weighted by atomic mass is 10.1. The van der Waals surface area contributed by atoms with Gasteiger partial charge in [-0.2, -0.15) is 12.6 Å². The van der Waals surface area contributed by atoms with Gasteiger partial charge in [0.2, 0.25) is 5.91 Å². The topological polar surface area (TPSA) is 121 Å². The number of rotatable bonds is 7. The molecule has 0 radical (unpaired) electrons.